The van der Waals surface area contributed by atoms with Crippen LogP contribution >= 0.6 is 15.9 Å². The number of ether oxygens (including phenoxy) is 1. The van der Waals surface area contributed by atoms with Gasteiger partial charge < -0.3 is 4.74 Å². The maximum Gasteiger partial charge on any atom is 0.258 e. The second kappa shape index (κ2) is 7.48. The summed E-state index contributed by atoms with van der Waals surface area (Å²) >= 11 is 3.38. The molecule has 6 nitrogen and oxygen atoms in total. The Balaban J connectivity index is 1.79. The predicted molar refractivity (Wildman–Crippen MR) is 97.5 cm³/mol. The highest BCUT2D eigenvalue weighted by Gasteiger charge is 2.23. The van der Waals surface area contributed by atoms with Crippen LogP contribution in [0.25, 0.3) is 0 Å². The quantitative estimate of drug-likeness (QED) is 0.829. The Morgan fingerprint density at radius 2 is 2.04 bits per heavy atom. The molecule has 25 heavy (non-hydrogen) atoms. The van der Waals surface area contributed by atoms with Crippen LogP contribution in [0, 0.1) is 0 Å². The molecule has 1 atom stereocenters. The number of amides is 2. The minimum Gasteiger partial charge on any atom is -0.497 e. The summed E-state index contributed by atoms with van der Waals surface area (Å²) in [5.74, 6) is 0.172. The van der Waals surface area contributed by atoms with Crippen LogP contribution in [0.15, 0.2) is 58.0 Å². The van der Waals surface area contributed by atoms with Crippen LogP contribution < -0.4 is 15.4 Å². The number of aliphatic imine (C=N–C) groups is 1. The number of methoxy groups -OCH3 is 1. The molecule has 0 fully saturated rings. The molecule has 0 aromatic heterocycles. The van der Waals surface area contributed by atoms with Crippen molar-refractivity contribution in [2.45, 2.75) is 12.5 Å². The van der Waals surface area contributed by atoms with E-state index in [9.17, 15) is 9.59 Å². The van der Waals surface area contributed by atoms with E-state index in [2.05, 4.69) is 31.6 Å². The van der Waals surface area contributed by atoms with E-state index in [-0.39, 0.29) is 30.2 Å². The van der Waals surface area contributed by atoms with E-state index >= 15 is 0 Å². The zero-order valence-corrected chi connectivity index (χ0v) is 15.0. The van der Waals surface area contributed by atoms with Crippen molar-refractivity contribution < 1.29 is 14.3 Å². The summed E-state index contributed by atoms with van der Waals surface area (Å²) < 4.78 is 6.06. The van der Waals surface area contributed by atoms with Crippen molar-refractivity contribution in [2.24, 2.45) is 4.99 Å². The van der Waals surface area contributed by atoms with Gasteiger partial charge in [0.1, 0.15) is 5.75 Å². The number of carbonyl (C=O) groups is 2. The van der Waals surface area contributed by atoms with Gasteiger partial charge in [0.25, 0.3) is 5.91 Å². The summed E-state index contributed by atoms with van der Waals surface area (Å²) in [5.41, 5.74) is 1.33. The molecule has 128 valence electrons. The molecule has 0 radical (unpaired) electrons. The normalized spacial score (nSPS) is 16.6. The monoisotopic (exact) mass is 401 g/mol. The van der Waals surface area contributed by atoms with Gasteiger partial charge in [-0.05, 0) is 35.9 Å². The van der Waals surface area contributed by atoms with Gasteiger partial charge in [0.2, 0.25) is 11.9 Å². The minimum atomic E-state index is -0.366. The number of nitrogens with zero attached hydrogens (tertiary/aromatic N) is 1. The van der Waals surface area contributed by atoms with Gasteiger partial charge in [-0.15, -0.1) is 0 Å². The van der Waals surface area contributed by atoms with Crippen LogP contribution in [0.5, 0.6) is 5.75 Å². The van der Waals surface area contributed by atoms with E-state index in [1.54, 1.807) is 24.3 Å². The number of nitrogens with one attached hydrogen (secondary N) is 2. The summed E-state index contributed by atoms with van der Waals surface area (Å²) in [6.07, 6.45) is 0.236. The van der Waals surface area contributed by atoms with E-state index in [0.717, 1.165) is 10.0 Å². The molecule has 0 unspecified atom stereocenters. The van der Waals surface area contributed by atoms with Crippen LogP contribution in [-0.4, -0.2) is 24.9 Å². The van der Waals surface area contributed by atoms with E-state index in [1.165, 1.54) is 7.11 Å². The Bertz CT molecular complexity index is 834. The summed E-state index contributed by atoms with van der Waals surface area (Å²) in [6.45, 7) is 0. The molecule has 1 aliphatic rings. The first-order valence-electron chi connectivity index (χ1n) is 7.63. The highest BCUT2D eigenvalue weighted by Crippen LogP contribution is 2.25. The summed E-state index contributed by atoms with van der Waals surface area (Å²) in [6, 6.07) is 14.0. The maximum atomic E-state index is 12.4. The van der Waals surface area contributed by atoms with Crippen molar-refractivity contribution in [3.05, 3.63) is 64.1 Å². The number of hydrogen-bond donors (Lipinski definition) is 2. The number of carbonyl (C=O) groups excluding carboxylic acids is 2. The Morgan fingerprint density at radius 3 is 2.76 bits per heavy atom. The molecule has 2 aromatic rings. The second-order valence-electron chi connectivity index (χ2n) is 5.48. The molecule has 2 N–H and O–H groups in total. The average Bonchev–Trinajstić information content (AvgIpc) is 2.62. The summed E-state index contributed by atoms with van der Waals surface area (Å²) in [4.78, 5) is 28.8. The topological polar surface area (TPSA) is 79.8 Å². The van der Waals surface area contributed by atoms with Crippen molar-refractivity contribution in [3.8, 4) is 5.75 Å². The standard InChI is InChI=1S/C18H16BrN3O3/c1-25-14-4-2-3-12(9-14)17(24)22-18-20-15(10-16(23)21-18)11-5-7-13(19)8-6-11/h2-9,15H,10H2,1H3,(H2,20,21,22,23,24)/t15-/m1/s1. The van der Waals surface area contributed by atoms with Crippen molar-refractivity contribution in [1.82, 2.24) is 10.6 Å². The van der Waals surface area contributed by atoms with Crippen molar-refractivity contribution >= 4 is 33.7 Å². The fourth-order valence-electron chi connectivity index (χ4n) is 2.48. The van der Waals surface area contributed by atoms with Crippen molar-refractivity contribution in [1.29, 1.82) is 0 Å². The van der Waals surface area contributed by atoms with Crippen molar-refractivity contribution in [3.63, 3.8) is 0 Å². The van der Waals surface area contributed by atoms with Crippen LogP contribution in [0.2, 0.25) is 0 Å². The summed E-state index contributed by atoms with van der Waals surface area (Å²) in [7, 11) is 1.53. The number of hydrogen-bond acceptors (Lipinski definition) is 4. The first kappa shape index (κ1) is 17.2. The van der Waals surface area contributed by atoms with Gasteiger partial charge >= 0.3 is 0 Å². The first-order chi connectivity index (χ1) is 12.0. The van der Waals surface area contributed by atoms with Crippen LogP contribution in [-0.2, 0) is 4.79 Å². The molecule has 0 aliphatic carbocycles. The molecular formula is C18H16BrN3O3. The highest BCUT2D eigenvalue weighted by atomic mass is 79.9. The second-order valence-corrected chi connectivity index (χ2v) is 6.40. The van der Waals surface area contributed by atoms with Gasteiger partial charge in [-0.1, -0.05) is 34.1 Å². The predicted octanol–water partition coefficient (Wildman–Crippen LogP) is 2.80. The molecule has 1 heterocycles. The van der Waals surface area contributed by atoms with Gasteiger partial charge in [0.15, 0.2) is 0 Å². The lowest BCUT2D eigenvalue weighted by molar-refractivity contribution is -0.120. The van der Waals surface area contributed by atoms with E-state index < -0.39 is 0 Å². The Morgan fingerprint density at radius 1 is 1.28 bits per heavy atom. The Kier molecular flexibility index (Phi) is 5.14. The lowest BCUT2D eigenvalue weighted by Gasteiger charge is -2.21. The minimum absolute atomic E-state index is 0.150. The van der Waals surface area contributed by atoms with Crippen molar-refractivity contribution in [2.75, 3.05) is 7.11 Å². The van der Waals surface area contributed by atoms with Crippen LogP contribution in [0.4, 0.5) is 0 Å². The molecule has 7 heteroatoms. The fourth-order valence-corrected chi connectivity index (χ4v) is 2.74. The third-order valence-electron chi connectivity index (χ3n) is 3.74. The molecule has 0 saturated heterocycles. The molecule has 0 spiro atoms. The van der Waals surface area contributed by atoms with E-state index in [0.29, 0.717) is 11.3 Å². The molecule has 2 amide bonds. The largest absolute Gasteiger partial charge is 0.497 e. The molecule has 2 aromatic carbocycles. The molecule has 1 aliphatic heterocycles. The SMILES string of the molecule is COc1cccc(C(=O)NC2=N[C@@H](c3ccc(Br)cc3)CC(=O)N2)c1. The Labute approximate surface area is 153 Å². The number of guanidine groups is 1. The van der Waals surface area contributed by atoms with Gasteiger partial charge in [-0.2, -0.15) is 0 Å². The zero-order chi connectivity index (χ0) is 17.8. The number of benzene rings is 2. The highest BCUT2D eigenvalue weighted by molar-refractivity contribution is 9.10. The zero-order valence-electron chi connectivity index (χ0n) is 13.5. The lowest BCUT2D eigenvalue weighted by atomic mass is 10.0. The molecular weight excluding hydrogens is 386 g/mol. The molecule has 3 rings (SSSR count). The third-order valence-corrected chi connectivity index (χ3v) is 4.27. The van der Waals surface area contributed by atoms with Gasteiger partial charge in [-0.25, -0.2) is 4.99 Å². The van der Waals surface area contributed by atoms with Gasteiger partial charge in [0.05, 0.1) is 19.6 Å². The Hall–Kier alpha value is -2.67. The number of halogens is 1. The van der Waals surface area contributed by atoms with Gasteiger partial charge in [0, 0.05) is 10.0 Å². The summed E-state index contributed by atoms with van der Waals surface area (Å²) in [5, 5.41) is 5.24. The molecule has 0 saturated carbocycles. The third kappa shape index (κ3) is 4.24. The average molecular weight is 402 g/mol. The number of rotatable bonds is 3. The lowest BCUT2D eigenvalue weighted by Crippen LogP contribution is -2.47. The molecule has 0 bridgehead atoms. The first-order valence-corrected chi connectivity index (χ1v) is 8.43. The van der Waals surface area contributed by atoms with E-state index in [4.69, 9.17) is 4.74 Å². The maximum absolute atomic E-state index is 12.4. The van der Waals surface area contributed by atoms with Crippen LogP contribution in [0.3, 0.4) is 0 Å². The fraction of sp³-hybridized carbons (Fsp3) is 0.167. The van der Waals surface area contributed by atoms with Gasteiger partial charge in [-0.3, -0.25) is 20.2 Å². The smallest absolute Gasteiger partial charge is 0.258 e. The van der Waals surface area contributed by atoms with E-state index in [1.807, 2.05) is 24.3 Å². The van der Waals surface area contributed by atoms with Crippen LogP contribution in [0.1, 0.15) is 28.4 Å².